The van der Waals surface area contributed by atoms with Crippen molar-refractivity contribution in [3.63, 3.8) is 0 Å². The van der Waals surface area contributed by atoms with Crippen LogP contribution in [0.2, 0.25) is 0 Å². The first-order valence-electron chi connectivity index (χ1n) is 6.85. The molecule has 2 saturated heterocycles. The summed E-state index contributed by atoms with van der Waals surface area (Å²) < 4.78 is 11.2. The zero-order chi connectivity index (χ0) is 13.8. The van der Waals surface area contributed by atoms with Gasteiger partial charge in [0.25, 0.3) is 0 Å². The molecule has 0 amide bonds. The second-order valence-corrected chi connectivity index (χ2v) is 6.09. The fourth-order valence-electron chi connectivity index (χ4n) is 3.20. The van der Waals surface area contributed by atoms with Crippen LogP contribution in [0.15, 0.2) is 23.8 Å². The van der Waals surface area contributed by atoms with Crippen molar-refractivity contribution in [3.8, 4) is 0 Å². The SMILES string of the molecule is C=C1C(=O)O[C@@H]2[C@H]3O[C@]3(C)CCC=C(C)[C@@H](O)C[C@@H]12. The number of allylic oxidation sites excluding steroid dienone is 1. The molecule has 0 saturated carbocycles. The normalized spacial score (nSPS) is 45.9. The standard InChI is InChI=1S/C15H20O4/c1-8-5-4-6-15(3)13(19-15)12-10(7-11(8)16)9(2)14(17)18-12/h5,10-13,16H,2,4,6-7H2,1,3H3/t10-,11-,12-,13+,15+/m0/s1. The first kappa shape index (κ1) is 12.9. The molecule has 5 atom stereocenters. The zero-order valence-corrected chi connectivity index (χ0v) is 11.4. The third-order valence-corrected chi connectivity index (χ3v) is 4.70. The van der Waals surface area contributed by atoms with Crippen molar-refractivity contribution < 1.29 is 19.4 Å². The van der Waals surface area contributed by atoms with E-state index < -0.39 is 6.10 Å². The molecule has 0 aromatic heterocycles. The Morgan fingerprint density at radius 1 is 1.53 bits per heavy atom. The minimum Gasteiger partial charge on any atom is -0.455 e. The average molecular weight is 264 g/mol. The largest absolute Gasteiger partial charge is 0.455 e. The summed E-state index contributed by atoms with van der Waals surface area (Å²) in [7, 11) is 0. The Kier molecular flexibility index (Phi) is 2.84. The first-order chi connectivity index (χ1) is 8.92. The summed E-state index contributed by atoms with van der Waals surface area (Å²) in [5.74, 6) is -0.489. The van der Waals surface area contributed by atoms with Crippen molar-refractivity contribution in [1.82, 2.24) is 0 Å². The van der Waals surface area contributed by atoms with E-state index in [-0.39, 0.29) is 29.7 Å². The summed E-state index contributed by atoms with van der Waals surface area (Å²) in [6, 6.07) is 0. The molecule has 0 spiro atoms. The molecule has 0 aromatic rings. The predicted octanol–water partition coefficient (Wildman–Crippen LogP) is 1.73. The number of epoxide rings is 1. The predicted molar refractivity (Wildman–Crippen MR) is 69.4 cm³/mol. The number of aliphatic hydroxyl groups is 1. The van der Waals surface area contributed by atoms with Crippen molar-refractivity contribution in [2.24, 2.45) is 5.92 Å². The van der Waals surface area contributed by atoms with Crippen molar-refractivity contribution >= 4 is 5.97 Å². The van der Waals surface area contributed by atoms with Gasteiger partial charge in [0.05, 0.1) is 11.7 Å². The molecule has 0 radical (unpaired) electrons. The lowest BCUT2D eigenvalue weighted by Gasteiger charge is -2.22. The molecule has 104 valence electrons. The number of hydrogen-bond donors (Lipinski definition) is 1. The van der Waals surface area contributed by atoms with Gasteiger partial charge in [-0.25, -0.2) is 4.79 Å². The van der Waals surface area contributed by atoms with Crippen LogP contribution >= 0.6 is 0 Å². The summed E-state index contributed by atoms with van der Waals surface area (Å²) in [6.07, 6.45) is 3.42. The summed E-state index contributed by atoms with van der Waals surface area (Å²) in [5, 5.41) is 10.2. The highest BCUT2D eigenvalue weighted by Crippen LogP contribution is 2.49. The average Bonchev–Trinajstić information content (AvgIpc) is 2.95. The van der Waals surface area contributed by atoms with Crippen LogP contribution in [0.4, 0.5) is 0 Å². The Balaban J connectivity index is 1.91. The smallest absolute Gasteiger partial charge is 0.334 e. The molecular weight excluding hydrogens is 244 g/mol. The molecule has 2 aliphatic heterocycles. The summed E-state index contributed by atoms with van der Waals surface area (Å²) >= 11 is 0. The van der Waals surface area contributed by atoms with Gasteiger partial charge in [0.15, 0.2) is 0 Å². The van der Waals surface area contributed by atoms with Gasteiger partial charge < -0.3 is 14.6 Å². The molecule has 3 rings (SSSR count). The van der Waals surface area contributed by atoms with Crippen LogP contribution in [0.5, 0.6) is 0 Å². The van der Waals surface area contributed by atoms with Crippen LogP contribution in [0, 0.1) is 5.92 Å². The molecule has 19 heavy (non-hydrogen) atoms. The lowest BCUT2D eigenvalue weighted by atomic mass is 9.83. The van der Waals surface area contributed by atoms with E-state index >= 15 is 0 Å². The van der Waals surface area contributed by atoms with E-state index in [1.807, 2.05) is 6.92 Å². The number of hydrogen-bond acceptors (Lipinski definition) is 4. The molecule has 2 heterocycles. The number of rotatable bonds is 0. The van der Waals surface area contributed by atoms with E-state index in [9.17, 15) is 9.90 Å². The number of carbonyl (C=O) groups excluding carboxylic acids is 1. The van der Waals surface area contributed by atoms with Crippen molar-refractivity contribution in [3.05, 3.63) is 23.8 Å². The van der Waals surface area contributed by atoms with E-state index in [0.29, 0.717) is 12.0 Å². The van der Waals surface area contributed by atoms with Gasteiger partial charge in [0.1, 0.15) is 12.2 Å². The minimum absolute atomic E-state index is 0.0558. The number of fused-ring (bicyclic) bond motifs is 3. The van der Waals surface area contributed by atoms with Crippen LogP contribution in [0.3, 0.4) is 0 Å². The molecule has 0 aromatic carbocycles. The van der Waals surface area contributed by atoms with Crippen molar-refractivity contribution in [2.45, 2.75) is 57.0 Å². The Morgan fingerprint density at radius 2 is 2.26 bits per heavy atom. The zero-order valence-electron chi connectivity index (χ0n) is 11.4. The van der Waals surface area contributed by atoms with Crippen LogP contribution in [0.25, 0.3) is 0 Å². The van der Waals surface area contributed by atoms with E-state index in [0.717, 1.165) is 18.4 Å². The highest BCUT2D eigenvalue weighted by atomic mass is 16.6. The second-order valence-electron chi connectivity index (χ2n) is 6.09. The van der Waals surface area contributed by atoms with Crippen LogP contribution in [-0.4, -0.2) is 35.0 Å². The summed E-state index contributed by atoms with van der Waals surface area (Å²) in [5.41, 5.74) is 1.22. The highest BCUT2D eigenvalue weighted by molar-refractivity contribution is 5.91. The van der Waals surface area contributed by atoms with Gasteiger partial charge in [0, 0.05) is 11.5 Å². The van der Waals surface area contributed by atoms with E-state index in [2.05, 4.69) is 19.6 Å². The topological polar surface area (TPSA) is 59.1 Å². The highest BCUT2D eigenvalue weighted by Gasteiger charge is 2.61. The lowest BCUT2D eigenvalue weighted by molar-refractivity contribution is -0.140. The van der Waals surface area contributed by atoms with Gasteiger partial charge in [-0.1, -0.05) is 12.7 Å². The van der Waals surface area contributed by atoms with E-state index in [1.54, 1.807) is 0 Å². The molecule has 3 aliphatic rings. The molecule has 1 aliphatic carbocycles. The third kappa shape index (κ3) is 2.03. The monoisotopic (exact) mass is 264 g/mol. The van der Waals surface area contributed by atoms with Crippen molar-refractivity contribution in [2.75, 3.05) is 0 Å². The quantitative estimate of drug-likeness (QED) is 0.313. The van der Waals surface area contributed by atoms with Crippen LogP contribution < -0.4 is 0 Å². The Bertz CT molecular complexity index is 467. The number of ether oxygens (including phenoxy) is 2. The fourth-order valence-corrected chi connectivity index (χ4v) is 3.20. The number of carbonyl (C=O) groups is 1. The molecule has 2 fully saturated rings. The maximum Gasteiger partial charge on any atom is 0.334 e. The third-order valence-electron chi connectivity index (χ3n) is 4.70. The number of aliphatic hydroxyl groups excluding tert-OH is 1. The minimum atomic E-state index is -0.540. The van der Waals surface area contributed by atoms with Gasteiger partial charge in [-0.15, -0.1) is 0 Å². The van der Waals surface area contributed by atoms with Gasteiger partial charge in [-0.3, -0.25) is 0 Å². The molecule has 0 bridgehead atoms. The number of esters is 1. The van der Waals surface area contributed by atoms with Gasteiger partial charge >= 0.3 is 5.97 Å². The molecular formula is C15H20O4. The van der Waals surface area contributed by atoms with Crippen LogP contribution in [0.1, 0.15) is 33.1 Å². The van der Waals surface area contributed by atoms with Crippen LogP contribution in [-0.2, 0) is 14.3 Å². The Hall–Kier alpha value is -1.13. The molecule has 4 nitrogen and oxygen atoms in total. The summed E-state index contributed by atoms with van der Waals surface area (Å²) in [6.45, 7) is 7.81. The maximum atomic E-state index is 11.7. The molecule has 1 N–H and O–H groups in total. The first-order valence-corrected chi connectivity index (χ1v) is 6.85. The van der Waals surface area contributed by atoms with Gasteiger partial charge in [0.2, 0.25) is 0 Å². The van der Waals surface area contributed by atoms with Gasteiger partial charge in [-0.2, -0.15) is 0 Å². The summed E-state index contributed by atoms with van der Waals surface area (Å²) in [4.78, 5) is 11.7. The van der Waals surface area contributed by atoms with E-state index in [4.69, 9.17) is 9.47 Å². The Morgan fingerprint density at radius 3 is 3.00 bits per heavy atom. The van der Waals surface area contributed by atoms with E-state index in [1.165, 1.54) is 0 Å². The fraction of sp³-hybridized carbons (Fsp3) is 0.667. The molecule has 4 heteroatoms. The second kappa shape index (κ2) is 4.18. The maximum absolute atomic E-state index is 11.7. The van der Waals surface area contributed by atoms with Crippen molar-refractivity contribution in [1.29, 1.82) is 0 Å². The lowest BCUT2D eigenvalue weighted by Crippen LogP contribution is -2.31. The Labute approximate surface area is 113 Å². The van der Waals surface area contributed by atoms with Gasteiger partial charge in [-0.05, 0) is 38.7 Å². The molecule has 0 unspecified atom stereocenters.